The second kappa shape index (κ2) is 10.5. The number of amides is 2. The highest BCUT2D eigenvalue weighted by atomic mass is 32.2. The lowest BCUT2D eigenvalue weighted by Crippen LogP contribution is -2.50. The fraction of sp³-hybridized carbons (Fsp3) is 0.524. The first-order valence-corrected chi connectivity index (χ1v) is 11.3. The molecule has 8 nitrogen and oxygen atoms in total. The third-order valence-electron chi connectivity index (χ3n) is 5.07. The van der Waals surface area contributed by atoms with Crippen LogP contribution in [0.4, 0.5) is 0 Å². The lowest BCUT2D eigenvalue weighted by molar-refractivity contribution is -0.131. The smallest absolute Gasteiger partial charge is 0.233 e. The summed E-state index contributed by atoms with van der Waals surface area (Å²) in [7, 11) is 1.63. The van der Waals surface area contributed by atoms with Crippen LogP contribution >= 0.6 is 11.8 Å². The molecule has 0 bridgehead atoms. The van der Waals surface area contributed by atoms with Gasteiger partial charge in [0.2, 0.25) is 11.8 Å². The highest BCUT2D eigenvalue weighted by Gasteiger charge is 2.25. The van der Waals surface area contributed by atoms with Crippen molar-refractivity contribution in [2.45, 2.75) is 50.7 Å². The van der Waals surface area contributed by atoms with Crippen molar-refractivity contribution in [3.05, 3.63) is 30.1 Å². The fourth-order valence-electron chi connectivity index (χ4n) is 3.53. The van der Waals surface area contributed by atoms with Crippen LogP contribution in [0.25, 0.3) is 5.69 Å². The number of carbonyl (C=O) groups excluding carboxylic acids is 2. The Hall–Kier alpha value is -2.55. The summed E-state index contributed by atoms with van der Waals surface area (Å²) < 4.78 is 7.15. The summed E-state index contributed by atoms with van der Waals surface area (Å²) in [4.78, 5) is 26.5. The predicted octanol–water partition coefficient (Wildman–Crippen LogP) is 2.58. The van der Waals surface area contributed by atoms with Gasteiger partial charge in [-0.25, -0.2) is 0 Å². The van der Waals surface area contributed by atoms with Crippen LogP contribution in [0, 0.1) is 6.92 Å². The molecule has 0 saturated carbocycles. The molecule has 2 heterocycles. The molecule has 1 atom stereocenters. The summed E-state index contributed by atoms with van der Waals surface area (Å²) in [6.45, 7) is 5.17. The molecule has 162 valence electrons. The third kappa shape index (κ3) is 5.53. The Morgan fingerprint density at radius 3 is 2.73 bits per heavy atom. The number of carbonyl (C=O) groups is 2. The van der Waals surface area contributed by atoms with Crippen molar-refractivity contribution >= 4 is 23.6 Å². The number of methoxy groups -OCH3 is 1. The van der Waals surface area contributed by atoms with Crippen LogP contribution in [0.3, 0.4) is 0 Å². The Morgan fingerprint density at radius 2 is 2.03 bits per heavy atom. The van der Waals surface area contributed by atoms with Crippen LogP contribution in [-0.2, 0) is 9.59 Å². The maximum Gasteiger partial charge on any atom is 0.233 e. The largest absolute Gasteiger partial charge is 0.497 e. The average Bonchev–Trinajstić information content (AvgIpc) is 3.12. The molecule has 0 radical (unpaired) electrons. The SMILES string of the molecule is CCCC(=O)NC1CCCN(C(=O)CSc2nnc(C)n2-c2ccc(OC)cc2)C1. The molecule has 2 amide bonds. The zero-order valence-electron chi connectivity index (χ0n) is 17.8. The van der Waals surface area contributed by atoms with Gasteiger partial charge in [-0.3, -0.25) is 14.2 Å². The third-order valence-corrected chi connectivity index (χ3v) is 5.98. The summed E-state index contributed by atoms with van der Waals surface area (Å²) in [5.74, 6) is 1.93. The van der Waals surface area contributed by atoms with Crippen LogP contribution in [0.2, 0.25) is 0 Å². The van der Waals surface area contributed by atoms with Gasteiger partial charge in [-0.2, -0.15) is 0 Å². The summed E-state index contributed by atoms with van der Waals surface area (Å²) in [6, 6.07) is 7.69. The number of piperidine rings is 1. The minimum absolute atomic E-state index is 0.0388. The van der Waals surface area contributed by atoms with E-state index in [-0.39, 0.29) is 23.6 Å². The van der Waals surface area contributed by atoms with Crippen molar-refractivity contribution in [3.63, 3.8) is 0 Å². The van der Waals surface area contributed by atoms with Crippen molar-refractivity contribution in [2.75, 3.05) is 26.0 Å². The lowest BCUT2D eigenvalue weighted by Gasteiger charge is -2.33. The molecule has 1 fully saturated rings. The summed E-state index contributed by atoms with van der Waals surface area (Å²) in [5, 5.41) is 12.1. The van der Waals surface area contributed by atoms with Gasteiger partial charge in [0, 0.05) is 31.2 Å². The van der Waals surface area contributed by atoms with Crippen molar-refractivity contribution in [3.8, 4) is 11.4 Å². The number of benzene rings is 1. The number of hydrogen-bond donors (Lipinski definition) is 1. The second-order valence-electron chi connectivity index (χ2n) is 7.35. The number of aromatic nitrogens is 3. The van der Waals surface area contributed by atoms with Crippen molar-refractivity contribution in [2.24, 2.45) is 0 Å². The molecule has 1 unspecified atom stereocenters. The molecule has 0 aliphatic carbocycles. The predicted molar refractivity (Wildman–Crippen MR) is 116 cm³/mol. The van der Waals surface area contributed by atoms with E-state index in [4.69, 9.17) is 4.74 Å². The molecular formula is C21H29N5O3S. The second-order valence-corrected chi connectivity index (χ2v) is 8.29. The number of nitrogens with one attached hydrogen (secondary N) is 1. The normalized spacial score (nSPS) is 16.4. The van der Waals surface area contributed by atoms with Gasteiger partial charge < -0.3 is 15.0 Å². The first-order chi connectivity index (χ1) is 14.5. The van der Waals surface area contributed by atoms with Gasteiger partial charge in [-0.15, -0.1) is 10.2 Å². The van der Waals surface area contributed by atoms with E-state index in [1.165, 1.54) is 11.8 Å². The molecule has 1 aliphatic heterocycles. The maximum absolute atomic E-state index is 12.8. The Bertz CT molecular complexity index is 868. The quantitative estimate of drug-likeness (QED) is 0.646. The molecule has 1 N–H and O–H groups in total. The minimum atomic E-state index is 0.0388. The van der Waals surface area contributed by atoms with E-state index in [1.54, 1.807) is 7.11 Å². The Balaban J connectivity index is 1.60. The van der Waals surface area contributed by atoms with Gasteiger partial charge in [0.05, 0.1) is 12.9 Å². The van der Waals surface area contributed by atoms with E-state index >= 15 is 0 Å². The molecule has 30 heavy (non-hydrogen) atoms. The van der Waals surface area contributed by atoms with Gasteiger partial charge in [-0.1, -0.05) is 18.7 Å². The van der Waals surface area contributed by atoms with Crippen molar-refractivity contribution < 1.29 is 14.3 Å². The Morgan fingerprint density at radius 1 is 1.27 bits per heavy atom. The molecule has 1 aliphatic rings. The van der Waals surface area contributed by atoms with Crippen LogP contribution in [0.5, 0.6) is 5.75 Å². The lowest BCUT2D eigenvalue weighted by atomic mass is 10.1. The van der Waals surface area contributed by atoms with Crippen LogP contribution in [0.15, 0.2) is 29.4 Å². The van der Waals surface area contributed by atoms with Gasteiger partial charge in [0.15, 0.2) is 5.16 Å². The van der Waals surface area contributed by atoms with E-state index in [0.29, 0.717) is 18.1 Å². The molecule has 1 aromatic heterocycles. The van der Waals surface area contributed by atoms with Crippen LogP contribution in [-0.4, -0.2) is 63.5 Å². The first kappa shape index (κ1) is 22.1. The highest BCUT2D eigenvalue weighted by molar-refractivity contribution is 7.99. The van der Waals surface area contributed by atoms with E-state index in [0.717, 1.165) is 43.1 Å². The molecule has 0 spiro atoms. The van der Waals surface area contributed by atoms with Gasteiger partial charge >= 0.3 is 0 Å². The number of aryl methyl sites for hydroxylation is 1. The standard InChI is InChI=1S/C21H29N5O3S/c1-4-6-19(27)22-16-7-5-12-25(13-16)20(28)14-30-21-24-23-15(2)26(21)17-8-10-18(29-3)11-9-17/h8-11,16H,4-7,12-14H2,1-3H3,(H,22,27). The number of rotatable bonds is 8. The number of thioether (sulfide) groups is 1. The molecule has 1 saturated heterocycles. The topological polar surface area (TPSA) is 89.4 Å². The molecule has 3 rings (SSSR count). The zero-order chi connectivity index (χ0) is 21.5. The average molecular weight is 432 g/mol. The van der Waals surface area contributed by atoms with E-state index in [9.17, 15) is 9.59 Å². The van der Waals surface area contributed by atoms with E-state index in [1.807, 2.05) is 47.6 Å². The van der Waals surface area contributed by atoms with Crippen LogP contribution < -0.4 is 10.1 Å². The minimum Gasteiger partial charge on any atom is -0.497 e. The molecule has 2 aromatic rings. The molecule has 1 aromatic carbocycles. The van der Waals surface area contributed by atoms with Gasteiger partial charge in [0.1, 0.15) is 11.6 Å². The molecule has 9 heteroatoms. The van der Waals surface area contributed by atoms with E-state index in [2.05, 4.69) is 15.5 Å². The highest BCUT2D eigenvalue weighted by Crippen LogP contribution is 2.24. The van der Waals surface area contributed by atoms with Crippen molar-refractivity contribution in [1.29, 1.82) is 0 Å². The van der Waals surface area contributed by atoms with Gasteiger partial charge in [0.25, 0.3) is 0 Å². The first-order valence-electron chi connectivity index (χ1n) is 10.3. The Kier molecular flexibility index (Phi) is 7.73. The number of nitrogens with zero attached hydrogens (tertiary/aromatic N) is 4. The molecular weight excluding hydrogens is 402 g/mol. The zero-order valence-corrected chi connectivity index (χ0v) is 18.6. The monoisotopic (exact) mass is 431 g/mol. The fourth-order valence-corrected chi connectivity index (χ4v) is 4.43. The summed E-state index contributed by atoms with van der Waals surface area (Å²) in [6.07, 6.45) is 3.17. The number of ether oxygens (including phenoxy) is 1. The Labute approximate surface area is 181 Å². The summed E-state index contributed by atoms with van der Waals surface area (Å²) >= 11 is 1.38. The van der Waals surface area contributed by atoms with Gasteiger partial charge in [-0.05, 0) is 50.5 Å². The maximum atomic E-state index is 12.8. The summed E-state index contributed by atoms with van der Waals surface area (Å²) in [5.41, 5.74) is 0.921. The number of hydrogen-bond acceptors (Lipinski definition) is 6. The van der Waals surface area contributed by atoms with Crippen molar-refractivity contribution in [1.82, 2.24) is 25.0 Å². The van der Waals surface area contributed by atoms with E-state index < -0.39 is 0 Å². The number of likely N-dealkylation sites (tertiary alicyclic amines) is 1. The van der Waals surface area contributed by atoms with Crippen LogP contribution in [0.1, 0.15) is 38.4 Å².